The van der Waals surface area contributed by atoms with E-state index < -0.39 is 0 Å². The molecule has 2 aromatic heterocycles. The van der Waals surface area contributed by atoms with Crippen LogP contribution in [0.15, 0.2) is 93.8 Å². The number of anilines is 1. The maximum atomic E-state index is 12.3. The fourth-order valence-electron chi connectivity index (χ4n) is 3.54. The van der Waals surface area contributed by atoms with Crippen LogP contribution in [0.3, 0.4) is 0 Å². The molecule has 3 aromatic carbocycles. The van der Waals surface area contributed by atoms with Crippen molar-refractivity contribution in [2.24, 2.45) is 0 Å². The molecule has 0 atom stereocenters. The van der Waals surface area contributed by atoms with Gasteiger partial charge in [0.1, 0.15) is 17.0 Å². The van der Waals surface area contributed by atoms with Gasteiger partial charge in [0.2, 0.25) is 11.8 Å². The Bertz CT molecular complexity index is 1580. The maximum absolute atomic E-state index is 12.3. The first-order chi connectivity index (χ1) is 17.4. The number of nitrogens with one attached hydrogen (secondary N) is 2. The minimum Gasteiger partial charge on any atom is -0.457 e. The zero-order chi connectivity index (χ0) is 25.1. The highest BCUT2D eigenvalue weighted by atomic mass is 35.5. The summed E-state index contributed by atoms with van der Waals surface area (Å²) in [7, 11) is 0. The van der Waals surface area contributed by atoms with Crippen LogP contribution in [0.4, 0.5) is 5.69 Å². The standard InChI is InChI=1S/C28H20ClN3O3S/c1-17-2-13-23-25(16-17)35-27(31-23)19-5-9-21(10-6-19)30-28(36)32-26(33)15-12-22-11-14-24(34-22)18-3-7-20(29)8-4-18/h2-16H,1H3,(H2,30,32,33,36). The van der Waals surface area contributed by atoms with Crippen molar-refractivity contribution >= 4 is 57.7 Å². The molecule has 0 unspecified atom stereocenters. The predicted molar refractivity (Wildman–Crippen MR) is 147 cm³/mol. The lowest BCUT2D eigenvalue weighted by atomic mass is 10.2. The van der Waals surface area contributed by atoms with E-state index in [-0.39, 0.29) is 11.0 Å². The minimum absolute atomic E-state index is 0.177. The van der Waals surface area contributed by atoms with Gasteiger partial charge in [-0.15, -0.1) is 0 Å². The number of furan rings is 1. The Morgan fingerprint density at radius 2 is 1.69 bits per heavy atom. The Morgan fingerprint density at radius 3 is 2.47 bits per heavy atom. The average Bonchev–Trinajstić information content (AvgIpc) is 3.50. The van der Waals surface area contributed by atoms with E-state index in [4.69, 9.17) is 32.7 Å². The van der Waals surface area contributed by atoms with Crippen LogP contribution >= 0.6 is 23.8 Å². The molecule has 5 rings (SSSR count). The predicted octanol–water partition coefficient (Wildman–Crippen LogP) is 7.24. The number of carbonyl (C=O) groups is 1. The molecular formula is C28H20ClN3O3S. The van der Waals surface area contributed by atoms with E-state index in [0.29, 0.717) is 22.4 Å². The van der Waals surface area contributed by atoms with Crippen molar-refractivity contribution in [2.75, 3.05) is 5.32 Å². The summed E-state index contributed by atoms with van der Waals surface area (Å²) in [5.74, 6) is 1.38. The van der Waals surface area contributed by atoms with Crippen molar-refractivity contribution in [1.82, 2.24) is 10.3 Å². The van der Waals surface area contributed by atoms with Crippen LogP contribution in [0.2, 0.25) is 5.02 Å². The van der Waals surface area contributed by atoms with Gasteiger partial charge >= 0.3 is 0 Å². The van der Waals surface area contributed by atoms with Crippen molar-refractivity contribution in [2.45, 2.75) is 6.92 Å². The third kappa shape index (κ3) is 5.54. The number of carbonyl (C=O) groups excluding carboxylic acids is 1. The van der Waals surface area contributed by atoms with Gasteiger partial charge in [0, 0.05) is 27.9 Å². The summed E-state index contributed by atoms with van der Waals surface area (Å²) in [5.41, 5.74) is 5.13. The van der Waals surface area contributed by atoms with Gasteiger partial charge in [0.05, 0.1) is 0 Å². The van der Waals surface area contributed by atoms with Crippen LogP contribution in [-0.2, 0) is 4.79 Å². The Hall–Kier alpha value is -4.20. The first kappa shape index (κ1) is 23.5. The van der Waals surface area contributed by atoms with Crippen molar-refractivity contribution in [3.63, 3.8) is 0 Å². The molecule has 0 saturated carbocycles. The maximum Gasteiger partial charge on any atom is 0.250 e. The SMILES string of the molecule is Cc1ccc2nc(-c3ccc(NC(=S)NC(=O)C=Cc4ccc(-c5ccc(Cl)cc5)o4)cc3)oc2c1. The third-order valence-corrected chi connectivity index (χ3v) is 5.78. The highest BCUT2D eigenvalue weighted by Gasteiger charge is 2.09. The van der Waals surface area contributed by atoms with Crippen molar-refractivity contribution in [3.8, 4) is 22.8 Å². The van der Waals surface area contributed by atoms with E-state index in [1.165, 1.54) is 6.08 Å². The second-order valence-electron chi connectivity index (χ2n) is 8.05. The summed E-state index contributed by atoms with van der Waals surface area (Å²) >= 11 is 11.2. The summed E-state index contributed by atoms with van der Waals surface area (Å²) < 4.78 is 11.6. The number of oxazole rings is 1. The molecule has 36 heavy (non-hydrogen) atoms. The number of halogens is 1. The number of benzene rings is 3. The Kier molecular flexibility index (Phi) is 6.66. The number of nitrogens with zero attached hydrogens (tertiary/aromatic N) is 1. The molecule has 178 valence electrons. The largest absolute Gasteiger partial charge is 0.457 e. The summed E-state index contributed by atoms with van der Waals surface area (Å²) in [6, 6.07) is 24.3. The molecule has 0 aliphatic carbocycles. The number of aryl methyl sites for hydroxylation is 1. The van der Waals surface area contributed by atoms with Gasteiger partial charge < -0.3 is 14.2 Å². The van der Waals surface area contributed by atoms with Crippen LogP contribution in [-0.4, -0.2) is 16.0 Å². The van der Waals surface area contributed by atoms with Crippen LogP contribution in [0.1, 0.15) is 11.3 Å². The highest BCUT2D eigenvalue weighted by Crippen LogP contribution is 2.26. The molecule has 0 bridgehead atoms. The molecule has 0 radical (unpaired) electrons. The van der Waals surface area contributed by atoms with E-state index >= 15 is 0 Å². The van der Waals surface area contributed by atoms with Gasteiger partial charge in [0.25, 0.3) is 0 Å². The van der Waals surface area contributed by atoms with Crippen LogP contribution in [0.25, 0.3) is 40.0 Å². The quantitative estimate of drug-likeness (QED) is 0.190. The first-order valence-corrected chi connectivity index (χ1v) is 11.8. The van der Waals surface area contributed by atoms with E-state index in [2.05, 4.69) is 15.6 Å². The molecule has 5 aromatic rings. The van der Waals surface area contributed by atoms with Gasteiger partial charge in [-0.25, -0.2) is 4.98 Å². The van der Waals surface area contributed by atoms with Crippen LogP contribution < -0.4 is 10.6 Å². The van der Waals surface area contributed by atoms with Gasteiger partial charge in [-0.1, -0.05) is 17.7 Å². The molecule has 1 amide bonds. The highest BCUT2D eigenvalue weighted by molar-refractivity contribution is 7.80. The molecule has 6 nitrogen and oxygen atoms in total. The van der Waals surface area contributed by atoms with E-state index in [0.717, 1.165) is 33.5 Å². The van der Waals surface area contributed by atoms with Crippen molar-refractivity contribution < 1.29 is 13.6 Å². The zero-order valence-electron chi connectivity index (χ0n) is 19.1. The first-order valence-electron chi connectivity index (χ1n) is 11.1. The Labute approximate surface area is 217 Å². The molecule has 2 N–H and O–H groups in total. The molecule has 0 spiro atoms. The second-order valence-corrected chi connectivity index (χ2v) is 8.90. The van der Waals surface area contributed by atoms with E-state index in [9.17, 15) is 4.79 Å². The number of hydrogen-bond donors (Lipinski definition) is 2. The second kappa shape index (κ2) is 10.2. The van der Waals surface area contributed by atoms with Gasteiger partial charge in [-0.3, -0.25) is 10.1 Å². The number of fused-ring (bicyclic) bond motifs is 1. The lowest BCUT2D eigenvalue weighted by Crippen LogP contribution is -2.32. The van der Waals surface area contributed by atoms with E-state index in [1.54, 1.807) is 24.3 Å². The number of thiocarbonyl (C=S) groups is 1. The number of hydrogen-bond acceptors (Lipinski definition) is 5. The zero-order valence-corrected chi connectivity index (χ0v) is 20.7. The van der Waals surface area contributed by atoms with Crippen LogP contribution in [0.5, 0.6) is 0 Å². The summed E-state index contributed by atoms with van der Waals surface area (Å²) in [4.78, 5) is 16.8. The topological polar surface area (TPSA) is 80.3 Å². The fourth-order valence-corrected chi connectivity index (χ4v) is 3.88. The normalized spacial score (nSPS) is 11.2. The Morgan fingerprint density at radius 1 is 0.944 bits per heavy atom. The Balaban J connectivity index is 1.16. The monoisotopic (exact) mass is 513 g/mol. The van der Waals surface area contributed by atoms with Gasteiger partial charge in [-0.2, -0.15) is 0 Å². The molecule has 0 aliphatic heterocycles. The summed E-state index contributed by atoms with van der Waals surface area (Å²) in [6.45, 7) is 2.01. The smallest absolute Gasteiger partial charge is 0.250 e. The molecule has 2 heterocycles. The van der Waals surface area contributed by atoms with Crippen molar-refractivity contribution in [3.05, 3.63) is 101 Å². The minimum atomic E-state index is -0.379. The lowest BCUT2D eigenvalue weighted by molar-refractivity contribution is -0.115. The molecular weight excluding hydrogens is 494 g/mol. The van der Waals surface area contributed by atoms with Gasteiger partial charge in [-0.05, 0) is 104 Å². The van der Waals surface area contributed by atoms with E-state index in [1.807, 2.05) is 67.6 Å². The molecule has 8 heteroatoms. The molecule has 0 fully saturated rings. The lowest BCUT2D eigenvalue weighted by Gasteiger charge is -2.08. The number of amides is 1. The fraction of sp³-hybridized carbons (Fsp3) is 0.0357. The third-order valence-electron chi connectivity index (χ3n) is 5.32. The number of rotatable bonds is 5. The summed E-state index contributed by atoms with van der Waals surface area (Å²) in [6.07, 6.45) is 2.94. The van der Waals surface area contributed by atoms with Gasteiger partial charge in [0.15, 0.2) is 10.7 Å². The summed E-state index contributed by atoms with van der Waals surface area (Å²) in [5, 5.41) is 6.44. The number of aromatic nitrogens is 1. The van der Waals surface area contributed by atoms with Crippen LogP contribution in [0, 0.1) is 6.92 Å². The van der Waals surface area contributed by atoms with Crippen molar-refractivity contribution in [1.29, 1.82) is 0 Å². The molecule has 0 aliphatic rings. The average molecular weight is 514 g/mol. The molecule has 0 saturated heterocycles.